The molecule has 16 heavy (non-hydrogen) atoms. The highest BCUT2D eigenvalue weighted by Crippen LogP contribution is 2.25. The summed E-state index contributed by atoms with van der Waals surface area (Å²) in [6, 6.07) is -2.05. The minimum absolute atomic E-state index is 0.597. The quantitative estimate of drug-likeness (QED) is 0.785. The van der Waals surface area contributed by atoms with Crippen LogP contribution < -0.4 is 4.72 Å². The lowest BCUT2D eigenvalue weighted by Crippen LogP contribution is -2.51. The standard InChI is InChI=1S/C9H16F3NO2S/c1-6(14)5-7(9(10,11)12)13-16(15)8(2,3)4/h7,13H,5H2,1-4H3. The second kappa shape index (κ2) is 5.37. The molecule has 2 atom stereocenters. The molecule has 0 aromatic heterocycles. The number of hydrogen-bond acceptors (Lipinski definition) is 3. The monoisotopic (exact) mass is 259 g/mol. The number of halogens is 3. The van der Waals surface area contributed by atoms with Crippen molar-refractivity contribution >= 4 is 17.1 Å². The molecule has 0 aliphatic heterocycles. The maximum atomic E-state index is 12.5. The molecule has 7 heteroatoms. The normalized spacial score (nSPS) is 17.0. The largest absolute Gasteiger partial charge is 0.598 e. The Hall–Kier alpha value is -0.270. The molecule has 96 valence electrons. The van der Waals surface area contributed by atoms with Gasteiger partial charge >= 0.3 is 6.18 Å². The van der Waals surface area contributed by atoms with Crippen molar-refractivity contribution in [2.45, 2.75) is 51.1 Å². The number of ketones is 1. The fraction of sp³-hybridized carbons (Fsp3) is 0.889. The number of rotatable bonds is 4. The van der Waals surface area contributed by atoms with Crippen LogP contribution in [0.2, 0.25) is 0 Å². The lowest BCUT2D eigenvalue weighted by Gasteiger charge is -2.28. The van der Waals surface area contributed by atoms with Crippen molar-refractivity contribution in [3.05, 3.63) is 0 Å². The minimum atomic E-state index is -4.58. The van der Waals surface area contributed by atoms with Gasteiger partial charge in [0, 0.05) is 17.8 Å². The summed E-state index contributed by atoms with van der Waals surface area (Å²) in [5, 5.41) is 0. The third kappa shape index (κ3) is 5.72. The van der Waals surface area contributed by atoms with E-state index in [1.54, 1.807) is 20.8 Å². The van der Waals surface area contributed by atoms with Gasteiger partial charge in [0.05, 0.1) is 0 Å². The van der Waals surface area contributed by atoms with E-state index in [1.165, 1.54) is 0 Å². The van der Waals surface area contributed by atoms with Gasteiger partial charge in [-0.25, -0.2) is 0 Å². The summed E-state index contributed by atoms with van der Waals surface area (Å²) >= 11 is -1.85. The van der Waals surface area contributed by atoms with Gasteiger partial charge in [-0.15, -0.1) is 4.72 Å². The highest BCUT2D eigenvalue weighted by Gasteiger charge is 2.45. The Morgan fingerprint density at radius 3 is 2.06 bits per heavy atom. The number of hydrogen-bond donors (Lipinski definition) is 1. The van der Waals surface area contributed by atoms with Gasteiger partial charge in [0.15, 0.2) is 6.04 Å². The lowest BCUT2D eigenvalue weighted by atomic mass is 10.1. The predicted molar refractivity (Wildman–Crippen MR) is 56.2 cm³/mol. The number of carbonyl (C=O) groups excluding carboxylic acids is 1. The molecule has 0 bridgehead atoms. The van der Waals surface area contributed by atoms with Gasteiger partial charge in [0.2, 0.25) is 0 Å². The summed E-state index contributed by atoms with van der Waals surface area (Å²) in [4.78, 5) is 10.7. The molecule has 3 nitrogen and oxygen atoms in total. The van der Waals surface area contributed by atoms with Crippen molar-refractivity contribution in [1.29, 1.82) is 0 Å². The molecule has 0 aromatic carbocycles. The summed E-state index contributed by atoms with van der Waals surface area (Å²) in [5.74, 6) is -0.597. The Bertz CT molecular complexity index is 250. The van der Waals surface area contributed by atoms with E-state index in [9.17, 15) is 22.5 Å². The molecule has 0 saturated carbocycles. The first-order chi connectivity index (χ1) is 6.94. The number of alkyl halides is 3. The Labute approximate surface area is 96.1 Å². The van der Waals surface area contributed by atoms with E-state index < -0.39 is 40.5 Å². The topological polar surface area (TPSA) is 52.2 Å². The van der Waals surface area contributed by atoms with Gasteiger partial charge in [-0.1, -0.05) is 0 Å². The number of nitrogens with one attached hydrogen (secondary N) is 1. The lowest BCUT2D eigenvalue weighted by molar-refractivity contribution is -0.156. The maximum Gasteiger partial charge on any atom is 0.408 e. The first-order valence-corrected chi connectivity index (χ1v) is 5.83. The fourth-order valence-corrected chi connectivity index (χ4v) is 1.65. The van der Waals surface area contributed by atoms with Crippen molar-refractivity contribution in [2.75, 3.05) is 0 Å². The zero-order valence-corrected chi connectivity index (χ0v) is 10.5. The van der Waals surface area contributed by atoms with Crippen LogP contribution in [0.1, 0.15) is 34.1 Å². The van der Waals surface area contributed by atoms with E-state index >= 15 is 0 Å². The molecule has 0 aliphatic carbocycles. The molecule has 0 aliphatic rings. The van der Waals surface area contributed by atoms with Crippen molar-refractivity contribution in [3.63, 3.8) is 0 Å². The van der Waals surface area contributed by atoms with Crippen LogP contribution in [-0.4, -0.2) is 27.3 Å². The van der Waals surface area contributed by atoms with Crippen molar-refractivity contribution in [3.8, 4) is 0 Å². The summed E-state index contributed by atoms with van der Waals surface area (Å²) in [5.41, 5.74) is 0. The molecule has 0 fully saturated rings. The van der Waals surface area contributed by atoms with Gasteiger partial charge in [-0.2, -0.15) is 13.2 Å². The summed E-state index contributed by atoms with van der Waals surface area (Å²) in [6.07, 6.45) is -5.28. The average Bonchev–Trinajstić information content (AvgIpc) is 1.98. The Morgan fingerprint density at radius 2 is 1.81 bits per heavy atom. The smallest absolute Gasteiger partial charge is 0.408 e. The van der Waals surface area contributed by atoms with Crippen LogP contribution in [0, 0.1) is 0 Å². The molecule has 1 N–H and O–H groups in total. The van der Waals surface area contributed by atoms with E-state index in [0.29, 0.717) is 0 Å². The molecule has 2 unspecified atom stereocenters. The van der Waals surface area contributed by atoms with Crippen LogP contribution in [-0.2, 0) is 16.2 Å². The molecular formula is C9H16F3NO2S. The Kier molecular flexibility index (Phi) is 5.28. The second-order valence-corrected chi connectivity index (χ2v) is 6.50. The highest BCUT2D eigenvalue weighted by molar-refractivity contribution is 7.90. The van der Waals surface area contributed by atoms with E-state index in [2.05, 4.69) is 0 Å². The molecule has 0 radical (unpaired) electrons. The predicted octanol–water partition coefficient (Wildman–Crippen LogP) is 1.95. The zero-order valence-electron chi connectivity index (χ0n) is 9.64. The van der Waals surface area contributed by atoms with Gasteiger partial charge in [0.25, 0.3) is 0 Å². The van der Waals surface area contributed by atoms with Crippen LogP contribution in [0.3, 0.4) is 0 Å². The van der Waals surface area contributed by atoms with Crippen LogP contribution in [0.4, 0.5) is 13.2 Å². The van der Waals surface area contributed by atoms with Crippen LogP contribution in [0.25, 0.3) is 0 Å². The van der Waals surface area contributed by atoms with E-state index in [4.69, 9.17) is 0 Å². The summed E-state index contributed by atoms with van der Waals surface area (Å²) in [6.45, 7) is 5.73. The van der Waals surface area contributed by atoms with E-state index in [1.807, 2.05) is 4.72 Å². The van der Waals surface area contributed by atoms with Gasteiger partial charge in [0.1, 0.15) is 10.5 Å². The molecule has 0 spiro atoms. The molecular weight excluding hydrogens is 243 g/mol. The number of carbonyl (C=O) groups is 1. The first kappa shape index (κ1) is 15.7. The van der Waals surface area contributed by atoms with Gasteiger partial charge < -0.3 is 4.55 Å². The van der Waals surface area contributed by atoms with E-state index in [-0.39, 0.29) is 0 Å². The molecule has 0 saturated heterocycles. The van der Waals surface area contributed by atoms with Crippen LogP contribution in [0.5, 0.6) is 0 Å². The van der Waals surface area contributed by atoms with Gasteiger partial charge in [-0.3, -0.25) is 4.79 Å². The maximum absolute atomic E-state index is 12.5. The molecule has 0 rings (SSSR count). The Morgan fingerprint density at radius 1 is 1.38 bits per heavy atom. The first-order valence-electron chi connectivity index (χ1n) is 4.69. The summed E-state index contributed by atoms with van der Waals surface area (Å²) < 4.78 is 50.1. The van der Waals surface area contributed by atoms with Crippen molar-refractivity contribution in [1.82, 2.24) is 4.72 Å². The summed E-state index contributed by atoms with van der Waals surface area (Å²) in [7, 11) is 0. The van der Waals surface area contributed by atoms with E-state index in [0.717, 1.165) is 6.92 Å². The molecule has 0 heterocycles. The zero-order chi connectivity index (χ0) is 13.1. The van der Waals surface area contributed by atoms with Crippen molar-refractivity contribution < 1.29 is 22.5 Å². The molecule has 0 amide bonds. The third-order valence-corrected chi connectivity index (χ3v) is 3.30. The third-order valence-electron chi connectivity index (χ3n) is 1.69. The highest BCUT2D eigenvalue weighted by atomic mass is 32.2. The van der Waals surface area contributed by atoms with Crippen molar-refractivity contribution in [2.24, 2.45) is 0 Å². The fourth-order valence-electron chi connectivity index (χ4n) is 0.818. The number of Topliss-reactive ketones (excluding diaryl/α,β-unsaturated/α-hetero) is 1. The van der Waals surface area contributed by atoms with Crippen LogP contribution >= 0.6 is 0 Å². The van der Waals surface area contributed by atoms with Crippen LogP contribution in [0.15, 0.2) is 0 Å². The average molecular weight is 259 g/mol. The minimum Gasteiger partial charge on any atom is -0.598 e. The van der Waals surface area contributed by atoms with Gasteiger partial charge in [-0.05, 0) is 27.7 Å². The SMILES string of the molecule is CC(=O)CC(N[S+]([O-])C(C)(C)C)C(F)(F)F. The molecule has 0 aromatic rings. The Balaban J connectivity index is 4.62. The second-order valence-electron chi connectivity index (χ2n) is 4.50.